The Morgan fingerprint density at radius 3 is 2.86 bits per heavy atom. The van der Waals surface area contributed by atoms with Crippen LogP contribution in [0.2, 0.25) is 0 Å². The zero-order valence-electron chi connectivity index (χ0n) is 7.88. The summed E-state index contributed by atoms with van der Waals surface area (Å²) in [4.78, 5) is 21.2. The number of carbonyl (C=O) groups is 2. The molecule has 0 radical (unpaired) electrons. The summed E-state index contributed by atoms with van der Waals surface area (Å²) < 4.78 is 0. The van der Waals surface area contributed by atoms with Gasteiger partial charge in [0.2, 0.25) is 0 Å². The number of carboxylic acid groups (broad SMARTS) is 1. The Balaban J connectivity index is 2.15. The lowest BCUT2D eigenvalue weighted by atomic mass is 10.1. The third-order valence-electron chi connectivity index (χ3n) is 2.03. The molecule has 14 heavy (non-hydrogen) atoms. The molecule has 1 heterocycles. The van der Waals surface area contributed by atoms with E-state index in [9.17, 15) is 9.59 Å². The van der Waals surface area contributed by atoms with Crippen molar-refractivity contribution in [3.8, 4) is 0 Å². The van der Waals surface area contributed by atoms with Crippen molar-refractivity contribution >= 4 is 12.0 Å². The van der Waals surface area contributed by atoms with E-state index in [1.54, 1.807) is 0 Å². The molecule has 1 saturated heterocycles. The molecule has 1 fully saturated rings. The number of amides is 2. The van der Waals surface area contributed by atoms with E-state index in [0.717, 1.165) is 25.9 Å². The van der Waals surface area contributed by atoms with Gasteiger partial charge in [0.15, 0.2) is 0 Å². The van der Waals surface area contributed by atoms with Gasteiger partial charge in [-0.1, -0.05) is 0 Å². The van der Waals surface area contributed by atoms with E-state index in [1.807, 2.05) is 0 Å². The van der Waals surface area contributed by atoms with Crippen LogP contribution in [-0.4, -0.2) is 42.8 Å². The summed E-state index contributed by atoms with van der Waals surface area (Å²) >= 11 is 0. The standard InChI is InChI=1S/C8H15N3O3/c12-7(13)5-10-8(14)11-6-2-1-3-9-4-6/h6,9H,1-5H2,(H,12,13)(H2,10,11,14). The van der Waals surface area contributed by atoms with E-state index in [0.29, 0.717) is 0 Å². The van der Waals surface area contributed by atoms with Crippen LogP contribution in [0.1, 0.15) is 12.8 Å². The molecule has 0 aromatic heterocycles. The SMILES string of the molecule is O=C(O)CNC(=O)NC1CCCNC1. The number of aliphatic carboxylic acids is 1. The van der Waals surface area contributed by atoms with Gasteiger partial charge in [-0.25, -0.2) is 4.79 Å². The van der Waals surface area contributed by atoms with Crippen molar-refractivity contribution in [2.24, 2.45) is 0 Å². The smallest absolute Gasteiger partial charge is 0.323 e. The molecule has 0 aromatic rings. The number of rotatable bonds is 3. The van der Waals surface area contributed by atoms with Gasteiger partial charge in [-0.05, 0) is 19.4 Å². The second kappa shape index (κ2) is 5.43. The fourth-order valence-electron chi connectivity index (χ4n) is 1.37. The lowest BCUT2D eigenvalue weighted by molar-refractivity contribution is -0.135. The topological polar surface area (TPSA) is 90.5 Å². The van der Waals surface area contributed by atoms with Crippen LogP contribution in [0.3, 0.4) is 0 Å². The minimum atomic E-state index is -1.04. The minimum Gasteiger partial charge on any atom is -0.480 e. The van der Waals surface area contributed by atoms with Crippen LogP contribution in [-0.2, 0) is 4.79 Å². The van der Waals surface area contributed by atoms with Gasteiger partial charge in [0.05, 0.1) is 0 Å². The third-order valence-corrected chi connectivity index (χ3v) is 2.03. The fraction of sp³-hybridized carbons (Fsp3) is 0.750. The Bertz CT molecular complexity index is 214. The highest BCUT2D eigenvalue weighted by atomic mass is 16.4. The van der Waals surface area contributed by atoms with Crippen molar-refractivity contribution in [3.63, 3.8) is 0 Å². The Hall–Kier alpha value is -1.30. The molecule has 1 aliphatic rings. The number of carbonyl (C=O) groups excluding carboxylic acids is 1. The van der Waals surface area contributed by atoms with Crippen LogP contribution in [0.4, 0.5) is 4.79 Å². The van der Waals surface area contributed by atoms with Crippen molar-refractivity contribution in [1.29, 1.82) is 0 Å². The van der Waals surface area contributed by atoms with E-state index in [4.69, 9.17) is 5.11 Å². The Labute approximate surface area is 82.1 Å². The maximum absolute atomic E-state index is 11.1. The molecule has 0 aromatic carbocycles. The number of hydrogen-bond donors (Lipinski definition) is 4. The summed E-state index contributed by atoms with van der Waals surface area (Å²) in [5.74, 6) is -1.04. The Morgan fingerprint density at radius 1 is 1.50 bits per heavy atom. The molecule has 0 saturated carbocycles. The van der Waals surface area contributed by atoms with Crippen LogP contribution in [0.15, 0.2) is 0 Å². The first-order valence-corrected chi connectivity index (χ1v) is 4.65. The van der Waals surface area contributed by atoms with Gasteiger partial charge in [0.25, 0.3) is 0 Å². The molecule has 1 atom stereocenters. The lowest BCUT2D eigenvalue weighted by Crippen LogP contribution is -2.49. The summed E-state index contributed by atoms with van der Waals surface area (Å²) in [6.45, 7) is 1.39. The summed E-state index contributed by atoms with van der Waals surface area (Å²) in [5, 5.41) is 16.4. The number of nitrogens with one attached hydrogen (secondary N) is 3. The second-order valence-electron chi connectivity index (χ2n) is 3.26. The highest BCUT2D eigenvalue weighted by molar-refractivity contribution is 5.79. The van der Waals surface area contributed by atoms with Crippen LogP contribution >= 0.6 is 0 Å². The molecule has 4 N–H and O–H groups in total. The predicted molar refractivity (Wildman–Crippen MR) is 50.1 cm³/mol. The molecule has 1 aliphatic heterocycles. The molecule has 1 unspecified atom stereocenters. The average Bonchev–Trinajstić information content (AvgIpc) is 2.16. The molecular formula is C8H15N3O3. The van der Waals surface area contributed by atoms with Crippen LogP contribution in [0.25, 0.3) is 0 Å². The van der Waals surface area contributed by atoms with E-state index in [2.05, 4.69) is 16.0 Å². The summed E-state index contributed by atoms with van der Waals surface area (Å²) in [7, 11) is 0. The monoisotopic (exact) mass is 201 g/mol. The van der Waals surface area contributed by atoms with Crippen LogP contribution in [0, 0.1) is 0 Å². The molecule has 0 aliphatic carbocycles. The van der Waals surface area contributed by atoms with Crippen molar-refractivity contribution in [3.05, 3.63) is 0 Å². The number of carboxylic acids is 1. The zero-order valence-corrected chi connectivity index (χ0v) is 7.88. The highest BCUT2D eigenvalue weighted by Gasteiger charge is 2.14. The van der Waals surface area contributed by atoms with E-state index in [1.165, 1.54) is 0 Å². The molecule has 80 valence electrons. The average molecular weight is 201 g/mol. The third kappa shape index (κ3) is 4.08. The van der Waals surface area contributed by atoms with Gasteiger partial charge in [-0.3, -0.25) is 4.79 Å². The zero-order chi connectivity index (χ0) is 10.4. The number of piperidine rings is 1. The van der Waals surface area contributed by atoms with E-state index in [-0.39, 0.29) is 12.6 Å². The Kier molecular flexibility index (Phi) is 4.18. The lowest BCUT2D eigenvalue weighted by Gasteiger charge is -2.23. The summed E-state index contributed by atoms with van der Waals surface area (Å²) in [5.41, 5.74) is 0. The summed E-state index contributed by atoms with van der Waals surface area (Å²) in [6, 6.07) is -0.307. The van der Waals surface area contributed by atoms with Crippen molar-refractivity contribution in [2.45, 2.75) is 18.9 Å². The first kappa shape index (κ1) is 10.8. The molecular weight excluding hydrogens is 186 g/mol. The quantitative estimate of drug-likeness (QED) is 0.477. The van der Waals surface area contributed by atoms with Crippen molar-refractivity contribution in [1.82, 2.24) is 16.0 Å². The molecule has 6 nitrogen and oxygen atoms in total. The van der Waals surface area contributed by atoms with Crippen LogP contribution in [0.5, 0.6) is 0 Å². The van der Waals surface area contributed by atoms with E-state index < -0.39 is 12.0 Å². The normalized spacial score (nSPS) is 21.3. The molecule has 1 rings (SSSR count). The number of urea groups is 1. The fourth-order valence-corrected chi connectivity index (χ4v) is 1.37. The van der Waals surface area contributed by atoms with Crippen molar-refractivity contribution in [2.75, 3.05) is 19.6 Å². The molecule has 0 bridgehead atoms. The maximum Gasteiger partial charge on any atom is 0.323 e. The highest BCUT2D eigenvalue weighted by Crippen LogP contribution is 2.00. The summed E-state index contributed by atoms with van der Waals surface area (Å²) in [6.07, 6.45) is 1.97. The number of hydrogen-bond acceptors (Lipinski definition) is 3. The van der Waals surface area contributed by atoms with Crippen LogP contribution < -0.4 is 16.0 Å². The first-order chi connectivity index (χ1) is 6.68. The molecule has 6 heteroatoms. The van der Waals surface area contributed by atoms with Gasteiger partial charge in [-0.2, -0.15) is 0 Å². The Morgan fingerprint density at radius 2 is 2.29 bits per heavy atom. The maximum atomic E-state index is 11.1. The second-order valence-corrected chi connectivity index (χ2v) is 3.26. The van der Waals surface area contributed by atoms with Gasteiger partial charge in [-0.15, -0.1) is 0 Å². The van der Waals surface area contributed by atoms with Crippen molar-refractivity contribution < 1.29 is 14.7 Å². The predicted octanol–water partition coefficient (Wildman–Crippen LogP) is -0.878. The van der Waals surface area contributed by atoms with Gasteiger partial charge in [0.1, 0.15) is 6.54 Å². The van der Waals surface area contributed by atoms with Gasteiger partial charge in [0, 0.05) is 12.6 Å². The first-order valence-electron chi connectivity index (χ1n) is 4.65. The minimum absolute atomic E-state index is 0.109. The molecule has 2 amide bonds. The largest absolute Gasteiger partial charge is 0.480 e. The molecule has 0 spiro atoms. The van der Waals surface area contributed by atoms with Gasteiger partial charge < -0.3 is 21.1 Å². The van der Waals surface area contributed by atoms with Gasteiger partial charge >= 0.3 is 12.0 Å². The van der Waals surface area contributed by atoms with E-state index >= 15 is 0 Å².